The standard InChI is InChI=1S/C21H18FN5O2/c1-13-6-14(2)8-17(7-13)24-19(28)11-27-10-18(23-12-27)20-25-21(29-26-20)15-4-3-5-16(22)9-15/h3-10,12H,11H2,1-2H3,(H,24,28). The number of aromatic nitrogens is 4. The molecule has 0 unspecified atom stereocenters. The van der Waals surface area contributed by atoms with Crippen LogP contribution in [-0.4, -0.2) is 25.6 Å². The van der Waals surface area contributed by atoms with Crippen LogP contribution in [0, 0.1) is 19.7 Å². The van der Waals surface area contributed by atoms with Gasteiger partial charge in [0.05, 0.1) is 6.33 Å². The lowest BCUT2D eigenvalue weighted by Gasteiger charge is -2.07. The highest BCUT2D eigenvalue weighted by molar-refractivity contribution is 5.90. The molecule has 1 N–H and O–H groups in total. The van der Waals surface area contributed by atoms with Crippen molar-refractivity contribution >= 4 is 11.6 Å². The number of imidazole rings is 1. The molecule has 8 heteroatoms. The van der Waals surface area contributed by atoms with E-state index >= 15 is 0 Å². The van der Waals surface area contributed by atoms with Gasteiger partial charge in [0.1, 0.15) is 18.1 Å². The predicted molar refractivity (Wildman–Crippen MR) is 105 cm³/mol. The van der Waals surface area contributed by atoms with Gasteiger partial charge < -0.3 is 14.4 Å². The molecular formula is C21H18FN5O2. The fourth-order valence-electron chi connectivity index (χ4n) is 3.04. The van der Waals surface area contributed by atoms with Crippen molar-refractivity contribution in [2.75, 3.05) is 5.32 Å². The smallest absolute Gasteiger partial charge is 0.258 e. The van der Waals surface area contributed by atoms with Gasteiger partial charge in [0.15, 0.2) is 0 Å². The number of carbonyl (C=O) groups is 1. The molecule has 29 heavy (non-hydrogen) atoms. The van der Waals surface area contributed by atoms with Crippen LogP contribution in [-0.2, 0) is 11.3 Å². The third-order valence-electron chi connectivity index (χ3n) is 4.19. The van der Waals surface area contributed by atoms with Crippen molar-refractivity contribution in [3.05, 3.63) is 71.9 Å². The number of nitrogens with one attached hydrogen (secondary N) is 1. The molecule has 0 aliphatic heterocycles. The Kier molecular flexibility index (Phi) is 4.90. The zero-order valence-electron chi connectivity index (χ0n) is 15.9. The Labute approximate surface area is 166 Å². The number of benzene rings is 2. The third kappa shape index (κ3) is 4.37. The monoisotopic (exact) mass is 391 g/mol. The van der Waals surface area contributed by atoms with E-state index in [0.29, 0.717) is 11.3 Å². The maximum absolute atomic E-state index is 13.4. The summed E-state index contributed by atoms with van der Waals surface area (Å²) in [5.41, 5.74) is 3.85. The van der Waals surface area contributed by atoms with Crippen LogP contribution in [0.25, 0.3) is 23.0 Å². The lowest BCUT2D eigenvalue weighted by molar-refractivity contribution is -0.116. The second-order valence-corrected chi connectivity index (χ2v) is 6.79. The molecule has 0 bridgehead atoms. The maximum Gasteiger partial charge on any atom is 0.258 e. The van der Waals surface area contributed by atoms with E-state index in [0.717, 1.165) is 16.8 Å². The first-order chi connectivity index (χ1) is 14.0. The number of rotatable bonds is 5. The molecule has 2 heterocycles. The van der Waals surface area contributed by atoms with Crippen LogP contribution >= 0.6 is 0 Å². The van der Waals surface area contributed by atoms with Crippen LogP contribution in [0.1, 0.15) is 11.1 Å². The number of hydrogen-bond acceptors (Lipinski definition) is 5. The number of nitrogens with zero attached hydrogens (tertiary/aromatic N) is 4. The van der Waals surface area contributed by atoms with Crippen LogP contribution in [0.4, 0.5) is 10.1 Å². The van der Waals surface area contributed by atoms with Gasteiger partial charge in [0.2, 0.25) is 11.7 Å². The molecule has 2 aromatic heterocycles. The summed E-state index contributed by atoms with van der Waals surface area (Å²) in [4.78, 5) is 20.8. The van der Waals surface area contributed by atoms with Crippen LogP contribution in [0.3, 0.4) is 0 Å². The van der Waals surface area contributed by atoms with Crippen molar-refractivity contribution in [3.63, 3.8) is 0 Å². The molecule has 0 fully saturated rings. The molecule has 0 saturated carbocycles. The van der Waals surface area contributed by atoms with E-state index < -0.39 is 0 Å². The van der Waals surface area contributed by atoms with Crippen molar-refractivity contribution < 1.29 is 13.7 Å². The molecular weight excluding hydrogens is 373 g/mol. The minimum atomic E-state index is -0.388. The van der Waals surface area contributed by atoms with Crippen molar-refractivity contribution in [1.29, 1.82) is 0 Å². The minimum Gasteiger partial charge on any atom is -0.334 e. The molecule has 0 radical (unpaired) electrons. The van der Waals surface area contributed by atoms with E-state index in [-0.39, 0.29) is 30.0 Å². The van der Waals surface area contributed by atoms with E-state index in [2.05, 4.69) is 20.4 Å². The zero-order chi connectivity index (χ0) is 20.4. The van der Waals surface area contributed by atoms with Gasteiger partial charge in [-0.2, -0.15) is 4.98 Å². The molecule has 0 aliphatic carbocycles. The van der Waals surface area contributed by atoms with Gasteiger partial charge in [-0.3, -0.25) is 4.79 Å². The first kappa shape index (κ1) is 18.5. The van der Waals surface area contributed by atoms with Crippen molar-refractivity contribution in [3.8, 4) is 23.0 Å². The van der Waals surface area contributed by atoms with Crippen LogP contribution in [0.2, 0.25) is 0 Å². The van der Waals surface area contributed by atoms with Gasteiger partial charge in [0.25, 0.3) is 5.89 Å². The summed E-state index contributed by atoms with van der Waals surface area (Å²) in [6.45, 7) is 4.05. The molecule has 1 amide bonds. The summed E-state index contributed by atoms with van der Waals surface area (Å²) in [6, 6.07) is 11.8. The quantitative estimate of drug-likeness (QED) is 0.556. The fourth-order valence-corrected chi connectivity index (χ4v) is 3.04. The topological polar surface area (TPSA) is 85.8 Å². The Hall–Kier alpha value is -3.81. The number of anilines is 1. The molecule has 2 aromatic carbocycles. The molecule has 4 rings (SSSR count). The largest absolute Gasteiger partial charge is 0.334 e. The van der Waals surface area contributed by atoms with Gasteiger partial charge >= 0.3 is 0 Å². The number of halogens is 1. The SMILES string of the molecule is Cc1cc(C)cc(NC(=O)Cn2cnc(-c3noc(-c4cccc(F)c4)n3)c2)c1. The molecule has 7 nitrogen and oxygen atoms in total. The van der Waals surface area contributed by atoms with E-state index in [1.54, 1.807) is 22.9 Å². The van der Waals surface area contributed by atoms with E-state index in [1.165, 1.54) is 18.5 Å². The van der Waals surface area contributed by atoms with Crippen LogP contribution in [0.15, 0.2) is 59.5 Å². The van der Waals surface area contributed by atoms with Gasteiger partial charge in [0, 0.05) is 17.4 Å². The first-order valence-electron chi connectivity index (χ1n) is 8.96. The van der Waals surface area contributed by atoms with Crippen LogP contribution in [0.5, 0.6) is 0 Å². The lowest BCUT2D eigenvalue weighted by atomic mass is 10.1. The Bertz CT molecular complexity index is 1160. The van der Waals surface area contributed by atoms with Crippen molar-refractivity contribution in [1.82, 2.24) is 19.7 Å². The summed E-state index contributed by atoms with van der Waals surface area (Å²) >= 11 is 0. The highest BCUT2D eigenvalue weighted by Crippen LogP contribution is 2.22. The number of carbonyl (C=O) groups excluding carboxylic acids is 1. The average molecular weight is 391 g/mol. The summed E-state index contributed by atoms with van der Waals surface area (Å²) in [7, 11) is 0. The van der Waals surface area contributed by atoms with Gasteiger partial charge in [-0.05, 0) is 55.3 Å². The first-order valence-corrected chi connectivity index (χ1v) is 8.96. The average Bonchev–Trinajstić information content (AvgIpc) is 3.30. The molecule has 0 saturated heterocycles. The van der Waals surface area contributed by atoms with E-state index in [4.69, 9.17) is 4.52 Å². The Balaban J connectivity index is 1.45. The fraction of sp³-hybridized carbons (Fsp3) is 0.143. The lowest BCUT2D eigenvalue weighted by Crippen LogP contribution is -2.18. The highest BCUT2D eigenvalue weighted by Gasteiger charge is 2.14. The van der Waals surface area contributed by atoms with Crippen LogP contribution < -0.4 is 5.32 Å². The Morgan fingerprint density at radius 1 is 1.17 bits per heavy atom. The molecule has 0 atom stereocenters. The van der Waals surface area contributed by atoms with Crippen molar-refractivity contribution in [2.45, 2.75) is 20.4 Å². The second-order valence-electron chi connectivity index (χ2n) is 6.79. The normalized spacial score (nSPS) is 10.9. The number of hydrogen-bond donors (Lipinski definition) is 1. The zero-order valence-corrected chi connectivity index (χ0v) is 15.9. The van der Waals surface area contributed by atoms with Gasteiger partial charge in [-0.15, -0.1) is 0 Å². The van der Waals surface area contributed by atoms with E-state index in [1.807, 2.05) is 32.0 Å². The van der Waals surface area contributed by atoms with Crippen molar-refractivity contribution in [2.24, 2.45) is 0 Å². The molecule has 146 valence electrons. The Morgan fingerprint density at radius 3 is 2.72 bits per heavy atom. The Morgan fingerprint density at radius 2 is 1.97 bits per heavy atom. The maximum atomic E-state index is 13.4. The summed E-state index contributed by atoms with van der Waals surface area (Å²) in [5.74, 6) is -0.104. The summed E-state index contributed by atoms with van der Waals surface area (Å²) in [5, 5.41) is 6.77. The molecule has 0 spiro atoms. The highest BCUT2D eigenvalue weighted by atomic mass is 19.1. The third-order valence-corrected chi connectivity index (χ3v) is 4.19. The molecule has 0 aliphatic rings. The summed E-state index contributed by atoms with van der Waals surface area (Å²) < 4.78 is 20.2. The summed E-state index contributed by atoms with van der Waals surface area (Å²) in [6.07, 6.45) is 3.18. The second kappa shape index (κ2) is 7.67. The number of aryl methyl sites for hydroxylation is 2. The predicted octanol–water partition coefficient (Wildman–Crippen LogP) is 3.99. The number of amides is 1. The minimum absolute atomic E-state index is 0.0919. The van der Waals surface area contributed by atoms with Gasteiger partial charge in [-0.25, -0.2) is 9.37 Å². The van der Waals surface area contributed by atoms with E-state index in [9.17, 15) is 9.18 Å². The van der Waals surface area contributed by atoms with Gasteiger partial charge in [-0.1, -0.05) is 17.3 Å². The molecule has 4 aromatic rings.